The van der Waals surface area contributed by atoms with Crippen LogP contribution in [0.1, 0.15) is 215 Å². The fourth-order valence-electron chi connectivity index (χ4n) is 20.4. The zero-order chi connectivity index (χ0) is 93.2. The van der Waals surface area contributed by atoms with Gasteiger partial charge in [0.25, 0.3) is 0 Å². The van der Waals surface area contributed by atoms with Gasteiger partial charge in [0.2, 0.25) is 0 Å². The largest absolute Gasteiger partial charge is 0.509 e. The maximum Gasteiger partial charge on any atom is 0.509 e. The highest BCUT2D eigenvalue weighted by atomic mass is 16.8. The Morgan fingerprint density at radius 2 is 0.920 bits per heavy atom. The van der Waals surface area contributed by atoms with E-state index >= 15 is 0 Å². The molecule has 10 rings (SSSR count). The van der Waals surface area contributed by atoms with Crippen LogP contribution in [0.2, 0.25) is 0 Å². The van der Waals surface area contributed by atoms with Crippen LogP contribution in [0.25, 0.3) is 0 Å². The Morgan fingerprint density at radius 1 is 0.528 bits per heavy atom. The number of cyclic esters (lactones) is 2. The summed E-state index contributed by atoms with van der Waals surface area (Å²) in [5.41, 5.74) is -6.34. The van der Waals surface area contributed by atoms with Gasteiger partial charge in [0.05, 0.1) is 120 Å². The summed E-state index contributed by atoms with van der Waals surface area (Å²) in [4.78, 5) is 69.8. The number of carbonyl (C=O) groups excluding carboxylic acids is 5. The number of fused-ring (bicyclic) bond motifs is 4. The molecule has 38 atom stereocenters. The van der Waals surface area contributed by atoms with Crippen LogP contribution in [0.3, 0.4) is 0 Å². The Labute approximate surface area is 740 Å². The van der Waals surface area contributed by atoms with Crippen LogP contribution in [0.5, 0.6) is 0 Å². The number of aliphatic hydroxyl groups excluding tert-OH is 5. The molecule has 2 aromatic carbocycles. The molecule has 0 aromatic heterocycles. The van der Waals surface area contributed by atoms with Crippen molar-refractivity contribution in [2.75, 3.05) is 42.0 Å². The van der Waals surface area contributed by atoms with E-state index < -0.39 is 228 Å². The van der Waals surface area contributed by atoms with Gasteiger partial charge in [0.1, 0.15) is 54.9 Å². The molecule has 32 nitrogen and oxygen atoms in total. The van der Waals surface area contributed by atoms with Gasteiger partial charge in [-0.05, 0) is 166 Å². The number of likely N-dealkylation sites (N-methyl/N-ethyl adjacent to an activating group) is 2. The Balaban J connectivity index is 0.000000304. The van der Waals surface area contributed by atoms with Crippen molar-refractivity contribution in [3.05, 3.63) is 71.8 Å². The quantitative estimate of drug-likeness (QED) is 0.0379. The average Bonchev–Trinajstić information content (AvgIpc) is 1.61. The highest BCUT2D eigenvalue weighted by molar-refractivity contribution is 5.74. The van der Waals surface area contributed by atoms with Crippen molar-refractivity contribution < 1.29 is 145 Å². The number of nitrogens with zero attached hydrogens (tertiary/aromatic N) is 2. The number of esters is 3. The van der Waals surface area contributed by atoms with E-state index in [9.17, 15) is 59.7 Å². The van der Waals surface area contributed by atoms with Crippen LogP contribution in [-0.4, -0.2) is 298 Å². The zero-order valence-corrected chi connectivity index (χ0v) is 78.9. The molecule has 8 fully saturated rings. The summed E-state index contributed by atoms with van der Waals surface area (Å²) < 4.78 is 113. The predicted octanol–water partition coefficient (Wildman–Crippen LogP) is 9.88. The number of rotatable bonds is 24. The SMILES string of the molecule is CCOC(C)=O.CC[C@@H](O)[C@@](C)(O)[C@@H]1OC(=O)[C@H](C)[C@@H](O[C@H]2CC(C)(OC)[C@@H](O)C(C)O2)[C@H](C)[C@@H](O[C@@H]2OC(C)CC(N(C)C(=O)OCc3ccccc3)C2OC(=O)OCc2ccccc2)[C@@]2(C)CC(C)C(O2)[C@@H]1C.CC[C@@H](O)[C@@](C)(O)[C@@H]1OC(=O)[C@H](C)[C@@H](O[C@H]2CC(C)(OC)[C@@H](O)C(C)O2)[C@H](C)[C@@H](O[C@@H]2OC(C)CC(N(C)C)C2O)[C@@]2(C)CC(C)C(O2)[C@@H]1C. The number of hydrogen-bond donors (Lipinski definition) is 7. The van der Waals surface area contributed by atoms with Crippen molar-refractivity contribution in [1.82, 2.24) is 9.80 Å². The third-order valence-electron chi connectivity index (χ3n) is 27.8. The lowest BCUT2D eigenvalue weighted by atomic mass is 9.76. The van der Waals surface area contributed by atoms with Crippen LogP contribution in [0.4, 0.5) is 9.59 Å². The zero-order valence-electron chi connectivity index (χ0n) is 78.9. The lowest BCUT2D eigenvalue weighted by Gasteiger charge is -2.49. The fourth-order valence-corrected chi connectivity index (χ4v) is 20.4. The molecule has 14 unspecified atom stereocenters. The summed E-state index contributed by atoms with van der Waals surface area (Å²) in [6, 6.07) is 17.3. The number of benzene rings is 2. The molecule has 8 aliphatic heterocycles. The number of methoxy groups -OCH3 is 2. The van der Waals surface area contributed by atoms with Crippen LogP contribution in [0.15, 0.2) is 60.7 Å². The number of carbonyl (C=O) groups is 5. The van der Waals surface area contributed by atoms with E-state index in [1.54, 1.807) is 69.4 Å². The second-order valence-corrected chi connectivity index (χ2v) is 38.2. The molecular formula is C93H152N2O30. The molecule has 714 valence electrons. The van der Waals surface area contributed by atoms with Gasteiger partial charge in [0, 0.05) is 70.7 Å². The fraction of sp³-hybridized carbons (Fsp3) is 0.817. The van der Waals surface area contributed by atoms with Gasteiger partial charge in [0.15, 0.2) is 31.3 Å². The first-order valence-corrected chi connectivity index (χ1v) is 45.0. The van der Waals surface area contributed by atoms with Crippen molar-refractivity contribution in [3.8, 4) is 0 Å². The van der Waals surface area contributed by atoms with Crippen molar-refractivity contribution in [2.45, 2.75) is 398 Å². The third kappa shape index (κ3) is 24.7. The van der Waals surface area contributed by atoms with Crippen LogP contribution in [0, 0.1) is 47.3 Å². The van der Waals surface area contributed by atoms with E-state index in [1.165, 1.54) is 39.9 Å². The highest BCUT2D eigenvalue weighted by Gasteiger charge is 2.63. The van der Waals surface area contributed by atoms with Gasteiger partial charge >= 0.3 is 30.2 Å². The van der Waals surface area contributed by atoms with Gasteiger partial charge in [-0.1, -0.05) is 116 Å². The van der Waals surface area contributed by atoms with Crippen molar-refractivity contribution >= 4 is 30.2 Å². The second-order valence-electron chi connectivity index (χ2n) is 38.2. The molecule has 125 heavy (non-hydrogen) atoms. The number of hydrogen-bond acceptors (Lipinski definition) is 31. The molecule has 7 N–H and O–H groups in total. The minimum atomic E-state index is -1.88. The van der Waals surface area contributed by atoms with Crippen molar-refractivity contribution in [3.63, 3.8) is 0 Å². The molecule has 2 aromatic rings. The Kier molecular flexibility index (Phi) is 37.1. The maximum absolute atomic E-state index is 14.7. The number of aliphatic hydroxyl groups is 7. The normalized spacial score (nSPS) is 41.5. The second kappa shape index (κ2) is 44.2. The van der Waals surface area contributed by atoms with E-state index in [1.807, 2.05) is 142 Å². The van der Waals surface area contributed by atoms with Crippen LogP contribution in [-0.2, 0) is 113 Å². The first-order chi connectivity index (χ1) is 58.4. The molecule has 0 spiro atoms. The molecule has 8 saturated heterocycles. The molecular weight excluding hydrogens is 1630 g/mol. The Bertz CT molecular complexity index is 3720. The summed E-state index contributed by atoms with van der Waals surface area (Å²) in [6.07, 6.45) is -19.2. The van der Waals surface area contributed by atoms with E-state index in [2.05, 4.69) is 11.7 Å². The van der Waals surface area contributed by atoms with Gasteiger partial charge in [-0.3, -0.25) is 14.4 Å². The topological polar surface area (TPSA) is 400 Å². The first kappa shape index (κ1) is 105. The summed E-state index contributed by atoms with van der Waals surface area (Å²) in [5, 5.41) is 79.6. The van der Waals surface area contributed by atoms with E-state index in [0.29, 0.717) is 25.9 Å². The van der Waals surface area contributed by atoms with Crippen LogP contribution >= 0.6 is 0 Å². The molecule has 8 aliphatic rings. The molecule has 0 saturated carbocycles. The monoisotopic (exact) mass is 1780 g/mol. The Morgan fingerprint density at radius 3 is 1.30 bits per heavy atom. The minimum absolute atomic E-state index is 0.00208. The lowest BCUT2D eigenvalue weighted by Crippen LogP contribution is -2.61. The van der Waals surface area contributed by atoms with Gasteiger partial charge in [-0.2, -0.15) is 0 Å². The number of ether oxygens (including phenoxy) is 18. The van der Waals surface area contributed by atoms with E-state index in [-0.39, 0.29) is 75.3 Å². The number of amides is 1. The van der Waals surface area contributed by atoms with Crippen LogP contribution < -0.4 is 0 Å². The van der Waals surface area contributed by atoms with Crippen molar-refractivity contribution in [2.24, 2.45) is 47.3 Å². The smallest absolute Gasteiger partial charge is 0.466 e. The van der Waals surface area contributed by atoms with Crippen molar-refractivity contribution in [1.29, 1.82) is 0 Å². The minimum Gasteiger partial charge on any atom is -0.466 e. The van der Waals surface area contributed by atoms with Gasteiger partial charge in [-0.15, -0.1) is 0 Å². The summed E-state index contributed by atoms with van der Waals surface area (Å²) in [7, 11) is 8.43. The van der Waals surface area contributed by atoms with Gasteiger partial charge < -0.3 is 131 Å². The third-order valence-corrected chi connectivity index (χ3v) is 27.8. The summed E-state index contributed by atoms with van der Waals surface area (Å²) in [5.74, 6) is -6.26. The molecule has 0 aliphatic carbocycles. The molecule has 4 bridgehead atoms. The maximum atomic E-state index is 14.7. The molecule has 0 radical (unpaired) electrons. The molecule has 1 amide bonds. The van der Waals surface area contributed by atoms with E-state index in [0.717, 1.165) is 11.1 Å². The molecule has 32 heteroatoms. The molecule has 8 heterocycles. The first-order valence-electron chi connectivity index (χ1n) is 45.0. The standard InChI is InChI=1S/C52H77NO16.C37H67NO12.C4H8O2/c1-13-38(54)52(10,59)45-31(4)40-29(2)25-51(9,69-40)44(32(5)41(33(6)46(56)67-45)65-39-26-50(8,60-12)43(55)34(7)64-39)68-47-42(66-49(58)62-28-36-22-18-15-19-23-36)37(24-30(3)63-47)53(11)48(57)61-27-35-20-16-14-17-21-35;1-14-25(39)37(10,43)32-20(4)28-18(2)16-36(9,50-28)31(49-34-27(40)24(38(11)12)15-19(3)45-34)21(5)29(22(6)33(42)48-32)47-26-17-35(8,44-13)30(41)23(7)46-26;1-3-6-4(2)5/h14-23,29-34,37-45,47,54-55,59H,13,24-28H2,1-12H3;18-32,34,39-41,43H,14-17H2,1-13H3;3H2,1-2H3/t29?,30?,31-,32-,33+,34?,37?,38+,39-,40?,41-,42?,43-,44+,45+,47-,50?,51+,52+;18?,19?,20-,21-,22+,23?,24?,25+,26-,27?,28?,29-,30-,31+,32+,34-,35?,36+,37+;/m00./s1. The van der Waals surface area contributed by atoms with Gasteiger partial charge in [-0.25, -0.2) is 9.59 Å². The lowest BCUT2D eigenvalue weighted by molar-refractivity contribution is -0.318. The predicted molar refractivity (Wildman–Crippen MR) is 456 cm³/mol. The highest BCUT2D eigenvalue weighted by Crippen LogP contribution is 2.52. The van der Waals surface area contributed by atoms with E-state index in [4.69, 9.17) is 80.5 Å². The Hall–Kier alpha value is -5.41. The average molecular weight is 1780 g/mol. The summed E-state index contributed by atoms with van der Waals surface area (Å²) in [6.45, 7) is 39.6. The summed E-state index contributed by atoms with van der Waals surface area (Å²) >= 11 is 0.